The Labute approximate surface area is 141 Å². The van der Waals surface area contributed by atoms with Crippen LogP contribution in [0.2, 0.25) is 0 Å². The molecule has 1 heterocycles. The predicted octanol–water partition coefficient (Wildman–Crippen LogP) is 2.07. The molecule has 1 fully saturated rings. The van der Waals surface area contributed by atoms with Crippen molar-refractivity contribution < 1.29 is 13.9 Å². The number of guanidine groups is 1. The van der Waals surface area contributed by atoms with Crippen LogP contribution in [-0.4, -0.2) is 32.1 Å². The molecule has 1 aromatic rings. The number of esters is 1. The van der Waals surface area contributed by atoms with E-state index in [2.05, 4.69) is 22.5 Å². The Bertz CT molecular complexity index is 528. The van der Waals surface area contributed by atoms with Gasteiger partial charge in [0.25, 0.3) is 0 Å². The van der Waals surface area contributed by atoms with Crippen LogP contribution in [0.25, 0.3) is 0 Å². The Hall–Kier alpha value is -1.25. The number of hydrogen-bond donors (Lipinski definition) is 2. The Balaban J connectivity index is 0.00000220. The molecule has 0 radical (unpaired) electrons. The van der Waals surface area contributed by atoms with Gasteiger partial charge in [-0.2, -0.15) is 0 Å². The molecular formula is C14H22IN3O3. The van der Waals surface area contributed by atoms with Gasteiger partial charge in [0.15, 0.2) is 5.96 Å². The lowest BCUT2D eigenvalue weighted by Crippen LogP contribution is -2.38. The first kappa shape index (κ1) is 17.8. The quantitative estimate of drug-likeness (QED) is 0.346. The van der Waals surface area contributed by atoms with Crippen LogP contribution in [0.5, 0.6) is 0 Å². The summed E-state index contributed by atoms with van der Waals surface area (Å²) in [5, 5.41) is 6.49. The average Bonchev–Trinajstić information content (AvgIpc) is 2.99. The monoisotopic (exact) mass is 407 g/mol. The number of rotatable bonds is 4. The van der Waals surface area contributed by atoms with Gasteiger partial charge in [0, 0.05) is 13.1 Å². The Morgan fingerprint density at radius 2 is 2.24 bits per heavy atom. The minimum atomic E-state index is -0.383. The fraction of sp³-hybridized carbons (Fsp3) is 0.571. The number of aryl methyl sites for hydroxylation is 1. The van der Waals surface area contributed by atoms with Crippen LogP contribution >= 0.6 is 24.0 Å². The number of ether oxygens (including phenoxy) is 1. The molecule has 2 N–H and O–H groups in total. The molecule has 0 bridgehead atoms. The van der Waals surface area contributed by atoms with Crippen LogP contribution in [0.15, 0.2) is 15.5 Å². The molecule has 2 atom stereocenters. The molecule has 6 nitrogen and oxygen atoms in total. The number of carbonyl (C=O) groups is 1. The lowest BCUT2D eigenvalue weighted by molar-refractivity contribution is 0.0599. The molecule has 0 spiro atoms. The third-order valence-electron chi connectivity index (χ3n) is 3.46. The summed E-state index contributed by atoms with van der Waals surface area (Å²) in [6, 6.07) is 2.20. The maximum Gasteiger partial charge on any atom is 0.341 e. The number of aliphatic imine (C=N–C) groups is 1. The first-order valence-corrected chi connectivity index (χ1v) is 6.70. The molecule has 1 saturated carbocycles. The largest absolute Gasteiger partial charge is 0.465 e. The number of hydrogen-bond acceptors (Lipinski definition) is 4. The third-order valence-corrected chi connectivity index (χ3v) is 3.46. The van der Waals surface area contributed by atoms with Gasteiger partial charge >= 0.3 is 5.97 Å². The summed E-state index contributed by atoms with van der Waals surface area (Å²) in [5.41, 5.74) is 0.461. The Morgan fingerprint density at radius 3 is 2.76 bits per heavy atom. The summed E-state index contributed by atoms with van der Waals surface area (Å²) >= 11 is 0. The fourth-order valence-corrected chi connectivity index (χ4v) is 2.01. The number of furan rings is 1. The van der Waals surface area contributed by atoms with E-state index in [-0.39, 0.29) is 29.9 Å². The molecule has 1 aliphatic carbocycles. The number of nitrogens with one attached hydrogen (secondary N) is 2. The third kappa shape index (κ3) is 4.62. The van der Waals surface area contributed by atoms with Crippen molar-refractivity contribution in [2.45, 2.75) is 32.9 Å². The average molecular weight is 407 g/mol. The van der Waals surface area contributed by atoms with Gasteiger partial charge in [0.1, 0.15) is 17.1 Å². The van der Waals surface area contributed by atoms with Gasteiger partial charge in [0.2, 0.25) is 0 Å². The van der Waals surface area contributed by atoms with Crippen LogP contribution < -0.4 is 10.6 Å². The number of carbonyl (C=O) groups excluding carboxylic acids is 1. The van der Waals surface area contributed by atoms with E-state index in [1.165, 1.54) is 13.5 Å². The highest BCUT2D eigenvalue weighted by Gasteiger charge is 2.33. The molecule has 0 amide bonds. The molecular weight excluding hydrogens is 385 g/mol. The van der Waals surface area contributed by atoms with Crippen LogP contribution in [-0.2, 0) is 11.3 Å². The highest BCUT2D eigenvalue weighted by atomic mass is 127. The summed E-state index contributed by atoms with van der Waals surface area (Å²) in [7, 11) is 3.09. The number of methoxy groups -OCH3 is 1. The van der Waals surface area contributed by atoms with Gasteiger partial charge in [-0.15, -0.1) is 24.0 Å². The maximum absolute atomic E-state index is 11.5. The first-order valence-electron chi connectivity index (χ1n) is 6.70. The molecule has 0 saturated heterocycles. The SMILES string of the molecule is CN=C(NCc1cc(C(=O)OC)c(C)o1)NC1CC1C.I. The lowest BCUT2D eigenvalue weighted by Gasteiger charge is -2.10. The van der Waals surface area contributed by atoms with Crippen LogP contribution in [0.4, 0.5) is 0 Å². The van der Waals surface area contributed by atoms with Crippen molar-refractivity contribution in [2.75, 3.05) is 14.2 Å². The van der Waals surface area contributed by atoms with E-state index >= 15 is 0 Å². The van der Waals surface area contributed by atoms with Crippen molar-refractivity contribution in [1.29, 1.82) is 0 Å². The molecule has 0 aromatic carbocycles. The van der Waals surface area contributed by atoms with E-state index in [9.17, 15) is 4.79 Å². The zero-order valence-electron chi connectivity index (χ0n) is 12.7. The highest BCUT2D eigenvalue weighted by molar-refractivity contribution is 14.0. The molecule has 1 aromatic heterocycles. The molecule has 1 aliphatic rings. The summed E-state index contributed by atoms with van der Waals surface area (Å²) in [6.45, 7) is 4.41. The fourth-order valence-electron chi connectivity index (χ4n) is 2.01. The lowest BCUT2D eigenvalue weighted by atomic mass is 10.2. The zero-order chi connectivity index (χ0) is 14.7. The van der Waals surface area contributed by atoms with E-state index in [1.54, 1.807) is 20.0 Å². The van der Waals surface area contributed by atoms with Gasteiger partial charge in [0.05, 0.1) is 13.7 Å². The van der Waals surface area contributed by atoms with E-state index < -0.39 is 0 Å². The first-order chi connectivity index (χ1) is 9.55. The van der Waals surface area contributed by atoms with Crippen molar-refractivity contribution in [2.24, 2.45) is 10.9 Å². The highest BCUT2D eigenvalue weighted by Crippen LogP contribution is 2.28. The standard InChI is InChI=1S/C14H21N3O3.HI/c1-8-5-12(8)17-14(15-3)16-7-10-6-11(9(2)20-10)13(18)19-4;/h6,8,12H,5,7H2,1-4H3,(H2,15,16,17);1H. The Morgan fingerprint density at radius 1 is 1.57 bits per heavy atom. The minimum Gasteiger partial charge on any atom is -0.465 e. The summed E-state index contributed by atoms with van der Waals surface area (Å²) < 4.78 is 10.2. The maximum atomic E-state index is 11.5. The smallest absolute Gasteiger partial charge is 0.341 e. The van der Waals surface area contributed by atoms with Crippen molar-refractivity contribution in [3.05, 3.63) is 23.2 Å². The Kier molecular flexibility index (Phi) is 6.50. The van der Waals surface area contributed by atoms with Crippen molar-refractivity contribution >= 4 is 35.9 Å². The second-order valence-corrected chi connectivity index (χ2v) is 5.06. The summed E-state index contributed by atoms with van der Waals surface area (Å²) in [6.07, 6.45) is 1.17. The second-order valence-electron chi connectivity index (χ2n) is 5.06. The molecule has 2 unspecified atom stereocenters. The molecule has 7 heteroatoms. The van der Waals surface area contributed by atoms with Gasteiger partial charge in [-0.1, -0.05) is 6.92 Å². The van der Waals surface area contributed by atoms with Crippen LogP contribution in [0.1, 0.15) is 35.2 Å². The zero-order valence-corrected chi connectivity index (χ0v) is 15.1. The minimum absolute atomic E-state index is 0. The topological polar surface area (TPSA) is 75.9 Å². The normalized spacial score (nSPS) is 20.5. The van der Waals surface area contributed by atoms with Crippen molar-refractivity contribution in [1.82, 2.24) is 10.6 Å². The van der Waals surface area contributed by atoms with Crippen molar-refractivity contribution in [3.8, 4) is 0 Å². The molecule has 118 valence electrons. The van der Waals surface area contributed by atoms with E-state index in [4.69, 9.17) is 9.15 Å². The van der Waals surface area contributed by atoms with Crippen LogP contribution in [0.3, 0.4) is 0 Å². The molecule has 0 aliphatic heterocycles. The summed E-state index contributed by atoms with van der Waals surface area (Å²) in [4.78, 5) is 15.7. The van der Waals surface area contributed by atoms with Crippen LogP contribution in [0, 0.1) is 12.8 Å². The van der Waals surface area contributed by atoms with E-state index in [0.717, 1.165) is 5.96 Å². The number of halogens is 1. The van der Waals surface area contributed by atoms with Gasteiger partial charge in [-0.25, -0.2) is 4.79 Å². The van der Waals surface area contributed by atoms with E-state index in [1.807, 2.05) is 0 Å². The molecule has 21 heavy (non-hydrogen) atoms. The predicted molar refractivity (Wildman–Crippen MR) is 91.1 cm³/mol. The van der Waals surface area contributed by atoms with Gasteiger partial charge in [-0.05, 0) is 25.3 Å². The number of nitrogens with zero attached hydrogens (tertiary/aromatic N) is 1. The molecule has 2 rings (SSSR count). The second kappa shape index (κ2) is 7.67. The summed E-state index contributed by atoms with van der Waals surface area (Å²) in [5.74, 6) is 2.30. The van der Waals surface area contributed by atoms with Gasteiger partial charge < -0.3 is 19.8 Å². The van der Waals surface area contributed by atoms with Crippen molar-refractivity contribution in [3.63, 3.8) is 0 Å². The van der Waals surface area contributed by atoms with E-state index in [0.29, 0.717) is 35.6 Å². The van der Waals surface area contributed by atoms with Gasteiger partial charge in [-0.3, -0.25) is 4.99 Å².